The molecular formula is C39H40ClN9O7. The van der Waals surface area contributed by atoms with Crippen LogP contribution in [-0.4, -0.2) is 112 Å². The molecule has 0 spiro atoms. The smallest absolute Gasteiger partial charge is 0.293 e. The zero-order valence-corrected chi connectivity index (χ0v) is 31.7. The number of imide groups is 2. The highest BCUT2D eigenvalue weighted by Crippen LogP contribution is 2.33. The van der Waals surface area contributed by atoms with Crippen LogP contribution >= 0.6 is 11.6 Å². The van der Waals surface area contributed by atoms with Crippen molar-refractivity contribution >= 4 is 75.1 Å². The lowest BCUT2D eigenvalue weighted by Gasteiger charge is -2.43. The van der Waals surface area contributed by atoms with E-state index >= 15 is 0 Å². The number of anilines is 4. The van der Waals surface area contributed by atoms with Crippen LogP contribution in [0.15, 0.2) is 53.5 Å². The molecule has 0 bridgehead atoms. The van der Waals surface area contributed by atoms with E-state index in [0.717, 1.165) is 68.1 Å². The molecule has 4 aromatic rings. The first-order chi connectivity index (χ1) is 26.9. The van der Waals surface area contributed by atoms with Gasteiger partial charge in [-0.2, -0.15) is 4.98 Å². The number of carbonyl (C=O) groups excluding carboxylic acids is 5. The molecule has 3 fully saturated rings. The van der Waals surface area contributed by atoms with Crippen molar-refractivity contribution in [2.24, 2.45) is 7.05 Å². The van der Waals surface area contributed by atoms with Crippen LogP contribution in [0.4, 0.5) is 23.1 Å². The van der Waals surface area contributed by atoms with E-state index in [1.165, 1.54) is 11.5 Å². The van der Waals surface area contributed by atoms with Crippen LogP contribution < -0.4 is 30.7 Å². The van der Waals surface area contributed by atoms with Crippen LogP contribution in [0, 0.1) is 0 Å². The standard InChI is InChI=1S/C39H40ClN9O7/c1-22(50)21-56-32-18-23-17-24(3-6-30(23)45(2)38(32)55)42-34-29(40)20-41-39(44-34)48-15-13-47(14-16-48)25-9-11-46(12-10-25)26-4-5-27-28(19-26)37(54)49(36(27)53)31-7-8-33(51)43-35(31)52/h3-6,17-20,25,31H,7-16,21H2,1-2H3,(H,41,42,44)(H,43,51,52). The van der Waals surface area contributed by atoms with Crippen molar-refractivity contribution in [2.75, 3.05) is 61.0 Å². The highest BCUT2D eigenvalue weighted by atomic mass is 35.5. The summed E-state index contributed by atoms with van der Waals surface area (Å²) >= 11 is 6.54. The first-order valence-electron chi connectivity index (χ1n) is 18.6. The number of ketones is 1. The molecule has 56 heavy (non-hydrogen) atoms. The molecule has 290 valence electrons. The fourth-order valence-corrected chi connectivity index (χ4v) is 8.12. The van der Waals surface area contributed by atoms with Gasteiger partial charge in [0.05, 0.1) is 22.8 Å². The van der Waals surface area contributed by atoms with E-state index in [1.807, 2.05) is 24.3 Å². The minimum atomic E-state index is -0.990. The fourth-order valence-electron chi connectivity index (χ4n) is 7.98. The third-order valence-electron chi connectivity index (χ3n) is 11.0. The molecule has 17 heteroatoms. The number of pyridine rings is 1. The maximum atomic E-state index is 13.4. The average molecular weight is 782 g/mol. The number of nitrogens with zero attached hydrogens (tertiary/aromatic N) is 7. The molecule has 4 amide bonds. The molecule has 0 aliphatic carbocycles. The lowest BCUT2D eigenvalue weighted by molar-refractivity contribution is -0.136. The Balaban J connectivity index is 0.870. The summed E-state index contributed by atoms with van der Waals surface area (Å²) < 4.78 is 6.95. The van der Waals surface area contributed by atoms with Gasteiger partial charge in [0.15, 0.2) is 17.4 Å². The maximum Gasteiger partial charge on any atom is 0.293 e. The number of fused-ring (bicyclic) bond motifs is 2. The number of piperazine rings is 1. The van der Waals surface area contributed by atoms with Crippen LogP contribution in [0.2, 0.25) is 5.02 Å². The molecule has 6 heterocycles. The number of benzene rings is 2. The predicted molar refractivity (Wildman–Crippen MR) is 208 cm³/mol. The molecule has 8 rings (SSSR count). The summed E-state index contributed by atoms with van der Waals surface area (Å²) in [6.45, 7) is 5.93. The van der Waals surface area contributed by atoms with Gasteiger partial charge in [0.25, 0.3) is 17.4 Å². The van der Waals surface area contributed by atoms with Gasteiger partial charge < -0.3 is 24.4 Å². The average Bonchev–Trinajstić information content (AvgIpc) is 3.44. The molecule has 16 nitrogen and oxygen atoms in total. The van der Waals surface area contributed by atoms with Crippen molar-refractivity contribution in [1.82, 2.24) is 29.7 Å². The SMILES string of the molecule is CC(=O)COc1cc2cc(Nc3nc(N4CCN(C5CCN(c6ccc7c(c6)C(=O)N(C6CCC(=O)NC6=O)C7=O)CC5)CC4)ncc3Cl)ccc2n(C)c1=O. The highest BCUT2D eigenvalue weighted by molar-refractivity contribution is 6.33. The van der Waals surface area contributed by atoms with Crippen LogP contribution in [-0.2, 0) is 21.4 Å². The van der Waals surface area contributed by atoms with Crippen molar-refractivity contribution in [3.63, 3.8) is 0 Å². The van der Waals surface area contributed by atoms with Crippen LogP contribution in [0.5, 0.6) is 5.75 Å². The molecule has 0 saturated carbocycles. The van der Waals surface area contributed by atoms with E-state index in [0.29, 0.717) is 34.0 Å². The Morgan fingerprint density at radius 2 is 1.66 bits per heavy atom. The topological polar surface area (TPSA) is 179 Å². The number of amides is 4. The Kier molecular flexibility index (Phi) is 9.92. The number of ether oxygens (including phenoxy) is 1. The molecule has 3 saturated heterocycles. The maximum absolute atomic E-state index is 13.4. The number of Topliss-reactive ketones (excluding diaryl/α,β-unsaturated/α-hetero) is 1. The van der Waals surface area contributed by atoms with Gasteiger partial charge in [-0.3, -0.25) is 43.9 Å². The summed E-state index contributed by atoms with van der Waals surface area (Å²) in [5.41, 5.74) is 2.50. The van der Waals surface area contributed by atoms with Crippen molar-refractivity contribution in [3.8, 4) is 5.75 Å². The van der Waals surface area contributed by atoms with Gasteiger partial charge >= 0.3 is 0 Å². The van der Waals surface area contributed by atoms with E-state index in [-0.39, 0.29) is 47.7 Å². The molecule has 4 aliphatic rings. The van der Waals surface area contributed by atoms with Crippen molar-refractivity contribution in [3.05, 3.63) is 75.2 Å². The zero-order valence-electron chi connectivity index (χ0n) is 30.9. The second-order valence-electron chi connectivity index (χ2n) is 14.5. The van der Waals surface area contributed by atoms with Gasteiger partial charge in [-0.05, 0) is 68.7 Å². The van der Waals surface area contributed by atoms with Crippen LogP contribution in [0.1, 0.15) is 53.3 Å². The minimum Gasteiger partial charge on any atom is -0.480 e. The Labute approximate surface area is 326 Å². The first kappa shape index (κ1) is 37.1. The van der Waals surface area contributed by atoms with E-state index in [9.17, 15) is 28.8 Å². The molecule has 1 unspecified atom stereocenters. The first-order valence-corrected chi connectivity index (χ1v) is 19.0. The molecule has 4 aliphatic heterocycles. The second-order valence-corrected chi connectivity index (χ2v) is 15.0. The van der Waals surface area contributed by atoms with Crippen LogP contribution in [0.25, 0.3) is 10.9 Å². The number of rotatable bonds is 9. The zero-order chi connectivity index (χ0) is 39.2. The summed E-state index contributed by atoms with van der Waals surface area (Å²) in [7, 11) is 1.65. The number of aryl methyl sites for hydroxylation is 1. The second kappa shape index (κ2) is 15.0. The summed E-state index contributed by atoms with van der Waals surface area (Å²) in [6, 6.07) is 11.8. The number of hydrogen-bond acceptors (Lipinski definition) is 13. The van der Waals surface area contributed by atoms with E-state index in [2.05, 4.69) is 30.3 Å². The van der Waals surface area contributed by atoms with Gasteiger partial charge in [0.2, 0.25) is 17.8 Å². The molecule has 2 aromatic carbocycles. The fraction of sp³-hybridized carbons (Fsp3) is 0.385. The van der Waals surface area contributed by atoms with Crippen molar-refractivity contribution in [1.29, 1.82) is 0 Å². The van der Waals surface area contributed by atoms with Gasteiger partial charge in [-0.15, -0.1) is 0 Å². The molecule has 2 aromatic heterocycles. The number of halogens is 1. The number of piperidine rings is 2. The molecule has 0 radical (unpaired) electrons. The highest BCUT2D eigenvalue weighted by Gasteiger charge is 2.45. The Bertz CT molecular complexity index is 2350. The number of aromatic nitrogens is 3. The third-order valence-corrected chi connectivity index (χ3v) is 11.3. The summed E-state index contributed by atoms with van der Waals surface area (Å²) in [6.07, 6.45) is 3.65. The molecule has 1 atom stereocenters. The van der Waals surface area contributed by atoms with Gasteiger partial charge in [-0.25, -0.2) is 4.98 Å². The van der Waals surface area contributed by atoms with Gasteiger partial charge in [0, 0.05) is 75.5 Å². The summed E-state index contributed by atoms with van der Waals surface area (Å²) in [5.74, 6) is -1.11. The molecule has 2 N–H and O–H groups in total. The van der Waals surface area contributed by atoms with E-state index < -0.39 is 29.7 Å². The Hall–Kier alpha value is -5.87. The Morgan fingerprint density at radius 1 is 0.911 bits per heavy atom. The van der Waals surface area contributed by atoms with Gasteiger partial charge in [-0.1, -0.05) is 11.6 Å². The lowest BCUT2D eigenvalue weighted by Crippen LogP contribution is -2.54. The lowest BCUT2D eigenvalue weighted by atomic mass is 10.0. The number of nitrogens with one attached hydrogen (secondary N) is 2. The largest absolute Gasteiger partial charge is 0.480 e. The predicted octanol–water partition coefficient (Wildman–Crippen LogP) is 2.89. The summed E-state index contributed by atoms with van der Waals surface area (Å²) in [4.78, 5) is 91.9. The molecular weight excluding hydrogens is 742 g/mol. The van der Waals surface area contributed by atoms with Crippen molar-refractivity contribution < 1.29 is 28.7 Å². The quantitative estimate of drug-likeness (QED) is 0.237. The third kappa shape index (κ3) is 7.05. The normalized spacial score (nSPS) is 19.4. The number of hydrogen-bond donors (Lipinski definition) is 2. The van der Waals surface area contributed by atoms with E-state index in [1.54, 1.807) is 31.4 Å². The summed E-state index contributed by atoms with van der Waals surface area (Å²) in [5, 5.41) is 6.62. The van der Waals surface area contributed by atoms with Crippen molar-refractivity contribution in [2.45, 2.75) is 44.7 Å². The van der Waals surface area contributed by atoms with Crippen LogP contribution in [0.3, 0.4) is 0 Å². The monoisotopic (exact) mass is 781 g/mol. The van der Waals surface area contributed by atoms with E-state index in [4.69, 9.17) is 21.3 Å². The van der Waals surface area contributed by atoms with Gasteiger partial charge in [0.1, 0.15) is 17.7 Å². The number of carbonyl (C=O) groups is 5. The minimum absolute atomic E-state index is 0.0788. The Morgan fingerprint density at radius 3 is 2.39 bits per heavy atom.